The number of carbonyl (C=O) groups excluding carboxylic acids is 1. The molecule has 110 valence electrons. The van der Waals surface area contributed by atoms with Gasteiger partial charge in [-0.25, -0.2) is 10.2 Å². The molecule has 0 heterocycles. The van der Waals surface area contributed by atoms with Crippen LogP contribution < -0.4 is 5.43 Å². The Kier molecular flexibility index (Phi) is 6.18. The Hall–Kier alpha value is -1.88. The predicted octanol–water partition coefficient (Wildman–Crippen LogP) is 2.76. The first kappa shape index (κ1) is 16.2. The van der Waals surface area contributed by atoms with Crippen LogP contribution in [0, 0.1) is 0 Å². The number of hydrogen-bond acceptors (Lipinski definition) is 4. The maximum absolute atomic E-state index is 11.1. The summed E-state index contributed by atoms with van der Waals surface area (Å²) in [6, 6.07) is 10.1. The van der Waals surface area contributed by atoms with Crippen molar-refractivity contribution in [1.82, 2.24) is 5.43 Å². The molecule has 1 N–H and O–H groups in total. The van der Waals surface area contributed by atoms with Crippen LogP contribution in [0.15, 0.2) is 35.4 Å². The van der Waals surface area contributed by atoms with E-state index in [-0.39, 0.29) is 0 Å². The van der Waals surface area contributed by atoms with Gasteiger partial charge in [0, 0.05) is 7.11 Å². The highest BCUT2D eigenvalue weighted by Crippen LogP contribution is 2.15. The predicted molar refractivity (Wildman–Crippen MR) is 78.8 cm³/mol. The topological polar surface area (TPSA) is 59.9 Å². The molecule has 0 fully saturated rings. The average molecular weight is 278 g/mol. The standard InChI is InChI=1S/C15H22N2O3/c1-15(2,20-4)13(16-17-14(18)19-3)11-10-12-8-6-5-7-9-12/h5-9H,10-11H2,1-4H3,(H,17,18)/b16-13-. The number of hydrazone groups is 1. The summed E-state index contributed by atoms with van der Waals surface area (Å²) in [4.78, 5) is 11.1. The molecule has 5 nitrogen and oxygen atoms in total. The van der Waals surface area contributed by atoms with Gasteiger partial charge in [0.25, 0.3) is 0 Å². The van der Waals surface area contributed by atoms with Crippen molar-refractivity contribution >= 4 is 11.8 Å². The lowest BCUT2D eigenvalue weighted by Gasteiger charge is -2.25. The molecule has 0 unspecified atom stereocenters. The van der Waals surface area contributed by atoms with E-state index in [2.05, 4.69) is 27.4 Å². The van der Waals surface area contributed by atoms with Crippen LogP contribution in [-0.2, 0) is 15.9 Å². The monoisotopic (exact) mass is 278 g/mol. The van der Waals surface area contributed by atoms with Crippen molar-refractivity contribution in [2.75, 3.05) is 14.2 Å². The lowest BCUT2D eigenvalue weighted by molar-refractivity contribution is 0.0804. The molecule has 0 aliphatic heterocycles. The summed E-state index contributed by atoms with van der Waals surface area (Å²) in [5, 5.41) is 4.12. The van der Waals surface area contributed by atoms with Crippen LogP contribution in [0.2, 0.25) is 0 Å². The molecule has 20 heavy (non-hydrogen) atoms. The van der Waals surface area contributed by atoms with Gasteiger partial charge in [-0.2, -0.15) is 5.10 Å². The number of hydrogen-bond donors (Lipinski definition) is 1. The van der Waals surface area contributed by atoms with Crippen molar-refractivity contribution in [2.24, 2.45) is 5.10 Å². The normalized spacial score (nSPS) is 12.1. The van der Waals surface area contributed by atoms with Crippen molar-refractivity contribution in [3.8, 4) is 0 Å². The molecule has 1 aromatic rings. The van der Waals surface area contributed by atoms with Crippen LogP contribution in [0.5, 0.6) is 0 Å². The van der Waals surface area contributed by atoms with E-state index in [1.165, 1.54) is 12.7 Å². The zero-order valence-electron chi connectivity index (χ0n) is 12.5. The van der Waals surface area contributed by atoms with Gasteiger partial charge < -0.3 is 9.47 Å². The Morgan fingerprint density at radius 1 is 1.25 bits per heavy atom. The zero-order chi connectivity index (χ0) is 15.0. The third kappa shape index (κ3) is 5.01. The smallest absolute Gasteiger partial charge is 0.427 e. The van der Waals surface area contributed by atoms with Crippen LogP contribution in [-0.4, -0.2) is 31.6 Å². The molecule has 0 aliphatic carbocycles. The van der Waals surface area contributed by atoms with Gasteiger partial charge in [-0.3, -0.25) is 0 Å². The van der Waals surface area contributed by atoms with E-state index >= 15 is 0 Å². The molecule has 1 rings (SSSR count). The van der Waals surface area contributed by atoms with Crippen LogP contribution in [0.25, 0.3) is 0 Å². The van der Waals surface area contributed by atoms with Crippen LogP contribution in [0.4, 0.5) is 4.79 Å². The first-order valence-corrected chi connectivity index (χ1v) is 6.49. The summed E-state index contributed by atoms with van der Waals surface area (Å²) in [6.07, 6.45) is 0.929. The molecule has 5 heteroatoms. The van der Waals surface area contributed by atoms with Gasteiger partial charge in [-0.15, -0.1) is 0 Å². The summed E-state index contributed by atoms with van der Waals surface area (Å²) in [5.41, 5.74) is 3.78. The lowest BCUT2D eigenvalue weighted by Crippen LogP contribution is -2.36. The number of benzene rings is 1. The van der Waals surface area contributed by atoms with E-state index in [1.807, 2.05) is 32.0 Å². The zero-order valence-corrected chi connectivity index (χ0v) is 12.5. The van der Waals surface area contributed by atoms with E-state index in [0.29, 0.717) is 6.42 Å². The molecule has 0 aromatic heterocycles. The number of ether oxygens (including phenoxy) is 2. The number of nitrogens with one attached hydrogen (secondary N) is 1. The van der Waals surface area contributed by atoms with E-state index in [4.69, 9.17) is 4.74 Å². The second-order valence-corrected chi connectivity index (χ2v) is 4.86. The maximum Gasteiger partial charge on any atom is 0.427 e. The van der Waals surface area contributed by atoms with Gasteiger partial charge in [-0.1, -0.05) is 30.3 Å². The maximum atomic E-state index is 11.1. The van der Waals surface area contributed by atoms with E-state index < -0.39 is 11.7 Å². The minimum absolute atomic E-state index is 0.546. The fourth-order valence-electron chi connectivity index (χ4n) is 1.68. The van der Waals surface area contributed by atoms with Crippen molar-refractivity contribution in [3.63, 3.8) is 0 Å². The Balaban J connectivity index is 2.75. The van der Waals surface area contributed by atoms with Crippen LogP contribution in [0.3, 0.4) is 0 Å². The third-order valence-electron chi connectivity index (χ3n) is 3.17. The van der Waals surface area contributed by atoms with E-state index in [9.17, 15) is 4.79 Å². The molecule has 0 radical (unpaired) electrons. The van der Waals surface area contributed by atoms with Gasteiger partial charge in [0.15, 0.2) is 0 Å². The Morgan fingerprint density at radius 2 is 1.90 bits per heavy atom. The molecule has 0 saturated carbocycles. The Labute approximate surface area is 120 Å². The third-order valence-corrected chi connectivity index (χ3v) is 3.17. The van der Waals surface area contributed by atoms with Crippen molar-refractivity contribution < 1.29 is 14.3 Å². The van der Waals surface area contributed by atoms with Gasteiger partial charge in [0.05, 0.1) is 12.8 Å². The fourth-order valence-corrected chi connectivity index (χ4v) is 1.68. The highest BCUT2D eigenvalue weighted by atomic mass is 16.5. The number of rotatable bonds is 6. The fraction of sp³-hybridized carbons (Fsp3) is 0.467. The lowest BCUT2D eigenvalue weighted by atomic mass is 9.96. The van der Waals surface area contributed by atoms with Crippen molar-refractivity contribution in [1.29, 1.82) is 0 Å². The molecule has 1 amide bonds. The molecule has 0 atom stereocenters. The SMILES string of the molecule is COC(=O)N/N=C(/CCc1ccccc1)C(C)(C)OC. The number of carbonyl (C=O) groups is 1. The minimum Gasteiger partial charge on any atom is -0.452 e. The minimum atomic E-state index is -0.589. The second kappa shape index (κ2) is 7.65. The molecule has 0 spiro atoms. The van der Waals surface area contributed by atoms with Gasteiger partial charge in [0.1, 0.15) is 5.60 Å². The molecule has 1 aromatic carbocycles. The largest absolute Gasteiger partial charge is 0.452 e. The molecular formula is C15H22N2O3. The van der Waals surface area contributed by atoms with E-state index in [1.54, 1.807) is 7.11 Å². The number of amides is 1. The molecular weight excluding hydrogens is 256 g/mol. The number of nitrogens with zero attached hydrogens (tertiary/aromatic N) is 1. The van der Waals surface area contributed by atoms with Crippen LogP contribution in [0.1, 0.15) is 25.8 Å². The summed E-state index contributed by atoms with van der Waals surface area (Å²) < 4.78 is 9.94. The quantitative estimate of drug-likeness (QED) is 0.643. The summed E-state index contributed by atoms with van der Waals surface area (Å²) >= 11 is 0. The highest BCUT2D eigenvalue weighted by Gasteiger charge is 2.24. The van der Waals surface area contributed by atoms with Crippen molar-refractivity contribution in [2.45, 2.75) is 32.3 Å². The van der Waals surface area contributed by atoms with Gasteiger partial charge in [0.2, 0.25) is 0 Å². The summed E-state index contributed by atoms with van der Waals surface area (Å²) in [7, 11) is 2.92. The Morgan fingerprint density at radius 3 is 2.45 bits per heavy atom. The van der Waals surface area contributed by atoms with E-state index in [0.717, 1.165) is 12.1 Å². The number of methoxy groups -OCH3 is 2. The number of aryl methyl sites for hydroxylation is 1. The van der Waals surface area contributed by atoms with Gasteiger partial charge in [-0.05, 0) is 32.3 Å². The highest BCUT2D eigenvalue weighted by molar-refractivity contribution is 5.92. The van der Waals surface area contributed by atoms with Crippen LogP contribution >= 0.6 is 0 Å². The second-order valence-electron chi connectivity index (χ2n) is 4.86. The molecule has 0 aliphatic rings. The Bertz CT molecular complexity index is 455. The average Bonchev–Trinajstić information content (AvgIpc) is 2.47. The molecule has 0 bridgehead atoms. The summed E-state index contributed by atoms with van der Waals surface area (Å²) in [6.45, 7) is 3.82. The summed E-state index contributed by atoms with van der Waals surface area (Å²) in [5.74, 6) is 0. The van der Waals surface area contributed by atoms with Crippen molar-refractivity contribution in [3.05, 3.63) is 35.9 Å². The first-order valence-electron chi connectivity index (χ1n) is 6.49. The van der Waals surface area contributed by atoms with Gasteiger partial charge >= 0.3 is 6.09 Å². The first-order chi connectivity index (χ1) is 9.49. The molecule has 0 saturated heterocycles.